The van der Waals surface area contributed by atoms with E-state index in [1.54, 1.807) is 0 Å². The predicted octanol–water partition coefficient (Wildman–Crippen LogP) is 4.34. The Hall–Kier alpha value is -1.81. The topological polar surface area (TPSA) is 46.8 Å². The number of aliphatic imine (C=N–C) groups is 1. The summed E-state index contributed by atoms with van der Waals surface area (Å²) >= 11 is 0. The van der Waals surface area contributed by atoms with Gasteiger partial charge in [0.15, 0.2) is 0 Å². The van der Waals surface area contributed by atoms with Gasteiger partial charge in [-0.2, -0.15) is 0 Å². The van der Waals surface area contributed by atoms with Crippen molar-refractivity contribution >= 4 is 16.6 Å². The number of hydrogen-bond donors (Lipinski definition) is 1. The molecule has 0 atom stereocenters. The van der Waals surface area contributed by atoms with E-state index in [0.29, 0.717) is 31.6 Å². The van der Waals surface area contributed by atoms with Crippen molar-refractivity contribution in [2.24, 2.45) is 10.9 Å². The molecule has 3 rings (SSSR count). The summed E-state index contributed by atoms with van der Waals surface area (Å²) in [7, 11) is 0. The monoisotopic (exact) mass is 328 g/mol. The first-order chi connectivity index (χ1) is 11.5. The number of aromatic nitrogens is 1. The molecule has 4 nitrogen and oxygen atoms in total. The Kier molecular flexibility index (Phi) is 4.95. The molecule has 0 unspecified atom stereocenters. The van der Waals surface area contributed by atoms with Gasteiger partial charge in [0.2, 0.25) is 5.88 Å². The number of fused-ring (bicyclic) bond motifs is 1. The Morgan fingerprint density at radius 2 is 2.04 bits per heavy atom. The van der Waals surface area contributed by atoms with E-state index >= 15 is 0 Å². The third-order valence-corrected chi connectivity index (χ3v) is 4.63. The van der Waals surface area contributed by atoms with Crippen LogP contribution in [0.5, 0.6) is 5.88 Å². The molecule has 1 aromatic heterocycles. The molecule has 0 saturated heterocycles. The van der Waals surface area contributed by atoms with Crippen molar-refractivity contribution in [3.8, 4) is 5.88 Å². The third kappa shape index (κ3) is 3.20. The summed E-state index contributed by atoms with van der Waals surface area (Å²) < 4.78 is 7.56. The third-order valence-electron chi connectivity index (χ3n) is 4.63. The zero-order valence-corrected chi connectivity index (χ0v) is 15.2. The molecule has 0 spiro atoms. The van der Waals surface area contributed by atoms with Crippen molar-refractivity contribution in [2.75, 3.05) is 19.8 Å². The minimum atomic E-state index is 0.188. The molecule has 0 bridgehead atoms. The standard InChI is InChI=1S/C20H28N2O2/c1-13(2)5-6-15-7-8-18-16(11-15)19(17-12-24-10-9-21-17)20(23)22(18)14(3)4/h7-8,11,13-14,23H,5-6,9-10,12H2,1-4H3. The van der Waals surface area contributed by atoms with Crippen molar-refractivity contribution in [3.05, 3.63) is 29.3 Å². The van der Waals surface area contributed by atoms with Crippen molar-refractivity contribution in [2.45, 2.75) is 46.6 Å². The fraction of sp³-hybridized carbons (Fsp3) is 0.550. The molecule has 0 radical (unpaired) electrons. The highest BCUT2D eigenvalue weighted by atomic mass is 16.5. The molecule has 2 aromatic rings. The fourth-order valence-electron chi connectivity index (χ4n) is 3.38. The largest absolute Gasteiger partial charge is 0.494 e. The predicted molar refractivity (Wildman–Crippen MR) is 99.4 cm³/mol. The van der Waals surface area contributed by atoms with Crippen LogP contribution in [0.4, 0.5) is 0 Å². The van der Waals surface area contributed by atoms with E-state index < -0.39 is 0 Å². The first-order valence-electron chi connectivity index (χ1n) is 8.96. The van der Waals surface area contributed by atoms with Crippen LogP contribution < -0.4 is 0 Å². The maximum Gasteiger partial charge on any atom is 0.201 e. The Balaban J connectivity index is 2.14. The van der Waals surface area contributed by atoms with E-state index in [-0.39, 0.29) is 6.04 Å². The Morgan fingerprint density at radius 3 is 2.67 bits per heavy atom. The molecule has 0 saturated carbocycles. The quantitative estimate of drug-likeness (QED) is 0.887. The van der Waals surface area contributed by atoms with Crippen LogP contribution in [0.15, 0.2) is 23.2 Å². The summed E-state index contributed by atoms with van der Waals surface area (Å²) in [6.07, 6.45) is 2.23. The van der Waals surface area contributed by atoms with E-state index in [0.717, 1.165) is 28.6 Å². The van der Waals surface area contributed by atoms with Crippen molar-refractivity contribution in [3.63, 3.8) is 0 Å². The van der Waals surface area contributed by atoms with Crippen LogP contribution >= 0.6 is 0 Å². The highest BCUT2D eigenvalue weighted by Gasteiger charge is 2.23. The molecule has 1 aromatic carbocycles. The molecule has 1 aliphatic heterocycles. The number of hydrogen-bond acceptors (Lipinski definition) is 3. The van der Waals surface area contributed by atoms with Gasteiger partial charge in [-0.15, -0.1) is 0 Å². The molecule has 0 amide bonds. The summed E-state index contributed by atoms with van der Waals surface area (Å²) in [5.41, 5.74) is 4.10. The molecule has 1 aliphatic rings. The average molecular weight is 328 g/mol. The van der Waals surface area contributed by atoms with Crippen LogP contribution in [0.25, 0.3) is 10.9 Å². The van der Waals surface area contributed by atoms with Gasteiger partial charge in [-0.3, -0.25) is 4.99 Å². The minimum absolute atomic E-state index is 0.188. The van der Waals surface area contributed by atoms with Crippen molar-refractivity contribution in [1.29, 1.82) is 0 Å². The van der Waals surface area contributed by atoms with Crippen LogP contribution in [0.1, 0.15) is 51.3 Å². The zero-order valence-electron chi connectivity index (χ0n) is 15.2. The number of aryl methyl sites for hydroxylation is 1. The summed E-state index contributed by atoms with van der Waals surface area (Å²) in [5.74, 6) is 0.996. The lowest BCUT2D eigenvalue weighted by Gasteiger charge is -2.14. The van der Waals surface area contributed by atoms with Crippen LogP contribution in [0.2, 0.25) is 0 Å². The Labute approximate surface area is 144 Å². The molecule has 4 heteroatoms. The van der Waals surface area contributed by atoms with Crippen molar-refractivity contribution in [1.82, 2.24) is 4.57 Å². The highest BCUT2D eigenvalue weighted by molar-refractivity contribution is 6.14. The van der Waals surface area contributed by atoms with Gasteiger partial charge >= 0.3 is 0 Å². The molecule has 0 fully saturated rings. The molecular formula is C20H28N2O2. The van der Waals surface area contributed by atoms with Crippen LogP contribution in [-0.4, -0.2) is 35.1 Å². The lowest BCUT2D eigenvalue weighted by atomic mass is 10.00. The summed E-state index contributed by atoms with van der Waals surface area (Å²) in [4.78, 5) is 4.61. The summed E-state index contributed by atoms with van der Waals surface area (Å²) in [6, 6.07) is 6.74. The van der Waals surface area contributed by atoms with E-state index in [1.165, 1.54) is 12.0 Å². The van der Waals surface area contributed by atoms with Gasteiger partial charge in [-0.25, -0.2) is 0 Å². The molecule has 2 heterocycles. The van der Waals surface area contributed by atoms with Gasteiger partial charge in [0, 0.05) is 11.4 Å². The smallest absolute Gasteiger partial charge is 0.201 e. The van der Waals surface area contributed by atoms with Gasteiger partial charge in [-0.05, 0) is 50.3 Å². The molecular weight excluding hydrogens is 300 g/mol. The van der Waals surface area contributed by atoms with E-state index in [2.05, 4.69) is 50.9 Å². The molecule has 1 N–H and O–H groups in total. The minimum Gasteiger partial charge on any atom is -0.494 e. The van der Waals surface area contributed by atoms with Gasteiger partial charge in [0.25, 0.3) is 0 Å². The lowest BCUT2D eigenvalue weighted by molar-refractivity contribution is 0.171. The lowest BCUT2D eigenvalue weighted by Crippen LogP contribution is -2.18. The first-order valence-corrected chi connectivity index (χ1v) is 8.96. The Bertz CT molecular complexity index is 757. The summed E-state index contributed by atoms with van der Waals surface area (Å²) in [5, 5.41) is 12.0. The number of nitrogens with zero attached hydrogens (tertiary/aromatic N) is 2. The first kappa shape index (κ1) is 17.0. The maximum absolute atomic E-state index is 10.9. The molecule has 130 valence electrons. The second-order valence-corrected chi connectivity index (χ2v) is 7.33. The highest BCUT2D eigenvalue weighted by Crippen LogP contribution is 2.36. The van der Waals surface area contributed by atoms with Crippen molar-refractivity contribution < 1.29 is 9.84 Å². The normalized spacial score (nSPS) is 15.5. The molecule has 24 heavy (non-hydrogen) atoms. The van der Waals surface area contributed by atoms with Gasteiger partial charge < -0.3 is 14.4 Å². The Morgan fingerprint density at radius 1 is 1.25 bits per heavy atom. The van der Waals surface area contributed by atoms with E-state index in [1.807, 2.05) is 4.57 Å². The number of rotatable bonds is 5. The van der Waals surface area contributed by atoms with Crippen LogP contribution in [-0.2, 0) is 11.2 Å². The van der Waals surface area contributed by atoms with Crippen LogP contribution in [0, 0.1) is 5.92 Å². The average Bonchev–Trinajstić information content (AvgIpc) is 2.85. The van der Waals surface area contributed by atoms with Crippen LogP contribution in [0.3, 0.4) is 0 Å². The number of aromatic hydroxyl groups is 1. The molecule has 0 aliphatic carbocycles. The maximum atomic E-state index is 10.9. The number of ether oxygens (including phenoxy) is 1. The van der Waals surface area contributed by atoms with Gasteiger partial charge in [0.05, 0.1) is 36.6 Å². The van der Waals surface area contributed by atoms with Gasteiger partial charge in [-0.1, -0.05) is 19.9 Å². The second kappa shape index (κ2) is 6.98. The zero-order chi connectivity index (χ0) is 17.3. The summed E-state index contributed by atoms with van der Waals surface area (Å²) in [6.45, 7) is 10.5. The number of benzene rings is 1. The van der Waals surface area contributed by atoms with E-state index in [9.17, 15) is 5.11 Å². The fourth-order valence-corrected chi connectivity index (χ4v) is 3.38. The van der Waals surface area contributed by atoms with E-state index in [4.69, 9.17) is 4.74 Å². The SMILES string of the molecule is CC(C)CCc1ccc2c(c1)c(C1=NCCOC1)c(O)n2C(C)C. The second-order valence-electron chi connectivity index (χ2n) is 7.33. The van der Waals surface area contributed by atoms with Gasteiger partial charge in [0.1, 0.15) is 0 Å².